The van der Waals surface area contributed by atoms with Gasteiger partial charge in [-0.25, -0.2) is 4.57 Å². The third-order valence-electron chi connectivity index (χ3n) is 12.7. The number of quaternary nitrogens is 1. The van der Waals surface area contributed by atoms with E-state index < -0.39 is 26.5 Å². The Morgan fingerprint density at radius 2 is 0.806 bits per heavy atom. The predicted octanol–water partition coefficient (Wildman–Crippen LogP) is 17.4. The van der Waals surface area contributed by atoms with Gasteiger partial charge in [-0.1, -0.05) is 244 Å². The second-order valence-electron chi connectivity index (χ2n) is 20.7. The van der Waals surface area contributed by atoms with Gasteiger partial charge in [-0.05, 0) is 44.9 Å². The molecule has 9 nitrogen and oxygen atoms in total. The summed E-state index contributed by atoms with van der Waals surface area (Å²) in [5.41, 5.74) is 0. The van der Waals surface area contributed by atoms with Crippen molar-refractivity contribution in [3.05, 3.63) is 24.3 Å². The standard InChI is InChI=1S/C57H110NO8P/c1-6-8-10-12-14-16-18-20-22-24-26-28-30-31-33-35-37-39-41-43-45-47-49-56(59)63-53-55(54-65-67(61,62)64-52-51-58(3,4)5)66-57(60)50-48-46-44-42-40-38-36-34-32-29-27-25-23-21-19-17-15-13-11-9-7-2/h19,21,25,27,55H,6-18,20,22-24,26,28-54H2,1-5H3/p+1/b21-19-,27-25-. The number of phosphoric acid groups is 1. The van der Waals surface area contributed by atoms with Crippen molar-refractivity contribution in [1.29, 1.82) is 0 Å². The van der Waals surface area contributed by atoms with Gasteiger partial charge in [-0.2, -0.15) is 0 Å². The molecule has 0 bridgehead atoms. The highest BCUT2D eigenvalue weighted by Gasteiger charge is 2.27. The normalized spacial score (nSPS) is 13.5. The number of allylic oxidation sites excluding steroid dienone is 4. The van der Waals surface area contributed by atoms with Gasteiger partial charge >= 0.3 is 19.8 Å². The fourth-order valence-electron chi connectivity index (χ4n) is 8.28. The molecule has 0 saturated heterocycles. The quantitative estimate of drug-likeness (QED) is 0.0211. The number of carbonyl (C=O) groups excluding carboxylic acids is 2. The van der Waals surface area contributed by atoms with Crippen molar-refractivity contribution >= 4 is 19.8 Å². The lowest BCUT2D eigenvalue weighted by molar-refractivity contribution is -0.870. The third-order valence-corrected chi connectivity index (χ3v) is 13.7. The fraction of sp³-hybridized carbons (Fsp3) is 0.895. The number of likely N-dealkylation sites (N-methyl/N-ethyl adjacent to an activating group) is 1. The van der Waals surface area contributed by atoms with E-state index in [1.807, 2.05) is 21.1 Å². The second kappa shape index (κ2) is 49.5. The molecule has 2 unspecified atom stereocenters. The molecular weight excluding hydrogens is 858 g/mol. The van der Waals surface area contributed by atoms with Gasteiger partial charge < -0.3 is 18.9 Å². The molecule has 1 N–H and O–H groups in total. The van der Waals surface area contributed by atoms with Crippen LogP contribution < -0.4 is 0 Å². The summed E-state index contributed by atoms with van der Waals surface area (Å²) in [4.78, 5) is 35.7. The molecule has 0 aliphatic rings. The highest BCUT2D eigenvalue weighted by atomic mass is 31.2. The number of carbonyl (C=O) groups is 2. The van der Waals surface area contributed by atoms with Crippen molar-refractivity contribution in [2.24, 2.45) is 0 Å². The largest absolute Gasteiger partial charge is 0.472 e. The first-order valence-corrected chi connectivity index (χ1v) is 30.1. The maximum Gasteiger partial charge on any atom is 0.472 e. The summed E-state index contributed by atoms with van der Waals surface area (Å²) in [7, 11) is 1.49. The van der Waals surface area contributed by atoms with E-state index in [4.69, 9.17) is 18.5 Å². The molecule has 0 spiro atoms. The summed E-state index contributed by atoms with van der Waals surface area (Å²) in [6, 6.07) is 0. The van der Waals surface area contributed by atoms with Crippen molar-refractivity contribution in [1.82, 2.24) is 0 Å². The van der Waals surface area contributed by atoms with Crippen LogP contribution >= 0.6 is 7.82 Å². The van der Waals surface area contributed by atoms with E-state index in [2.05, 4.69) is 38.2 Å². The second-order valence-corrected chi connectivity index (χ2v) is 22.1. The van der Waals surface area contributed by atoms with Gasteiger partial charge in [-0.3, -0.25) is 18.6 Å². The number of unbranched alkanes of at least 4 members (excludes halogenated alkanes) is 35. The van der Waals surface area contributed by atoms with Crippen LogP contribution in [0.1, 0.15) is 277 Å². The highest BCUT2D eigenvalue weighted by Crippen LogP contribution is 2.43. The predicted molar refractivity (Wildman–Crippen MR) is 284 cm³/mol. The number of phosphoric ester groups is 1. The number of ether oxygens (including phenoxy) is 2. The number of hydrogen-bond acceptors (Lipinski definition) is 7. The lowest BCUT2D eigenvalue weighted by Gasteiger charge is -2.24. The van der Waals surface area contributed by atoms with E-state index >= 15 is 0 Å². The third kappa shape index (κ3) is 53.7. The topological polar surface area (TPSA) is 108 Å². The van der Waals surface area contributed by atoms with Crippen molar-refractivity contribution in [3.63, 3.8) is 0 Å². The Bertz CT molecular complexity index is 1190. The summed E-state index contributed by atoms with van der Waals surface area (Å²) < 4.78 is 34.6. The smallest absolute Gasteiger partial charge is 0.462 e. The zero-order chi connectivity index (χ0) is 49.2. The van der Waals surface area contributed by atoms with Crippen LogP contribution in [0.2, 0.25) is 0 Å². The fourth-order valence-corrected chi connectivity index (χ4v) is 9.02. The minimum absolute atomic E-state index is 0.0332. The molecule has 67 heavy (non-hydrogen) atoms. The van der Waals surface area contributed by atoms with Crippen LogP contribution in [0, 0.1) is 0 Å². The average molecular weight is 969 g/mol. The summed E-state index contributed by atoms with van der Waals surface area (Å²) in [5.74, 6) is -0.787. The number of hydrogen-bond donors (Lipinski definition) is 1. The number of rotatable bonds is 53. The molecule has 0 amide bonds. The van der Waals surface area contributed by atoms with Gasteiger partial charge in [0.15, 0.2) is 6.10 Å². The van der Waals surface area contributed by atoms with Crippen LogP contribution in [0.15, 0.2) is 24.3 Å². The molecular formula is C57H111NO8P+. The van der Waals surface area contributed by atoms with Crippen molar-refractivity contribution < 1.29 is 42.1 Å². The van der Waals surface area contributed by atoms with Gasteiger partial charge in [0.25, 0.3) is 0 Å². The van der Waals surface area contributed by atoms with E-state index in [9.17, 15) is 19.0 Å². The minimum Gasteiger partial charge on any atom is -0.462 e. The first-order chi connectivity index (χ1) is 32.5. The molecule has 0 aromatic carbocycles. The van der Waals surface area contributed by atoms with Gasteiger partial charge in [0.05, 0.1) is 27.7 Å². The van der Waals surface area contributed by atoms with Crippen molar-refractivity contribution in [3.8, 4) is 0 Å². The Morgan fingerprint density at radius 1 is 0.463 bits per heavy atom. The molecule has 0 radical (unpaired) electrons. The Hall–Kier alpha value is -1.51. The molecule has 0 aromatic rings. The summed E-state index contributed by atoms with van der Waals surface area (Å²) in [5, 5.41) is 0. The molecule has 0 heterocycles. The molecule has 2 atom stereocenters. The number of esters is 2. The minimum atomic E-state index is -4.38. The first kappa shape index (κ1) is 65.5. The van der Waals surface area contributed by atoms with Gasteiger partial charge in [-0.15, -0.1) is 0 Å². The van der Waals surface area contributed by atoms with Gasteiger partial charge in [0, 0.05) is 12.8 Å². The molecule has 10 heteroatoms. The zero-order valence-corrected chi connectivity index (χ0v) is 45.8. The van der Waals surface area contributed by atoms with Crippen LogP contribution in [0.5, 0.6) is 0 Å². The van der Waals surface area contributed by atoms with Crippen LogP contribution in [0.4, 0.5) is 0 Å². The van der Waals surface area contributed by atoms with Crippen molar-refractivity contribution in [2.45, 2.75) is 283 Å². The van der Waals surface area contributed by atoms with Crippen LogP contribution in [-0.4, -0.2) is 74.9 Å². The van der Waals surface area contributed by atoms with E-state index in [1.54, 1.807) is 0 Å². The Morgan fingerprint density at radius 3 is 1.18 bits per heavy atom. The lowest BCUT2D eigenvalue weighted by Crippen LogP contribution is -2.37. The van der Waals surface area contributed by atoms with E-state index in [0.717, 1.165) is 44.9 Å². The highest BCUT2D eigenvalue weighted by molar-refractivity contribution is 7.47. The average Bonchev–Trinajstić information content (AvgIpc) is 3.29. The molecule has 0 saturated carbocycles. The maximum atomic E-state index is 12.8. The van der Waals surface area contributed by atoms with E-state index in [0.29, 0.717) is 23.9 Å². The van der Waals surface area contributed by atoms with Gasteiger partial charge in [0.2, 0.25) is 0 Å². The number of nitrogens with zero attached hydrogens (tertiary/aromatic N) is 1. The molecule has 0 aliphatic carbocycles. The van der Waals surface area contributed by atoms with E-state index in [-0.39, 0.29) is 25.6 Å². The summed E-state index contributed by atoms with van der Waals surface area (Å²) in [6.07, 6.45) is 58.1. The molecule has 0 aliphatic heterocycles. The monoisotopic (exact) mass is 969 g/mol. The van der Waals surface area contributed by atoms with Crippen LogP contribution in [0.25, 0.3) is 0 Å². The van der Waals surface area contributed by atoms with Crippen LogP contribution in [0.3, 0.4) is 0 Å². The van der Waals surface area contributed by atoms with Crippen LogP contribution in [-0.2, 0) is 32.7 Å². The Labute approximate surface area is 415 Å². The first-order valence-electron chi connectivity index (χ1n) is 28.6. The molecule has 396 valence electrons. The summed E-state index contributed by atoms with van der Waals surface area (Å²) in [6.45, 7) is 4.47. The Balaban J connectivity index is 4.16. The molecule has 0 fully saturated rings. The summed E-state index contributed by atoms with van der Waals surface area (Å²) >= 11 is 0. The Kier molecular flexibility index (Phi) is 48.4. The van der Waals surface area contributed by atoms with Gasteiger partial charge in [0.1, 0.15) is 19.8 Å². The zero-order valence-electron chi connectivity index (χ0n) is 44.9. The SMILES string of the molecule is CCCCCCC/C=C\C/C=C\CCCCCCCCCCCC(=O)OC(COC(=O)CCCCCCCCCCCCCCCCCCCCCCCC)COP(=O)(O)OCC[N+](C)(C)C. The van der Waals surface area contributed by atoms with E-state index in [1.165, 1.54) is 199 Å². The van der Waals surface area contributed by atoms with Crippen molar-refractivity contribution in [2.75, 3.05) is 47.5 Å². The lowest BCUT2D eigenvalue weighted by atomic mass is 10.0. The molecule has 0 aromatic heterocycles. The maximum absolute atomic E-state index is 12.8. The molecule has 0 rings (SSSR count).